The fourth-order valence-corrected chi connectivity index (χ4v) is 3.12. The lowest BCUT2D eigenvalue weighted by molar-refractivity contribution is 0.566. The average molecular weight is 320 g/mol. The molecule has 0 heterocycles. The molecule has 1 aromatic rings. The largest absolute Gasteiger partial charge is 0.283 e. The highest BCUT2D eigenvalue weighted by Gasteiger charge is 2.30. The van der Waals surface area contributed by atoms with Crippen LogP contribution < -0.4 is 9.86 Å². The Morgan fingerprint density at radius 1 is 1.00 bits per heavy atom. The molecular formula is C12H20N2O4S2. The molecule has 0 aliphatic heterocycles. The van der Waals surface area contributed by atoms with Gasteiger partial charge in [-0.1, -0.05) is 0 Å². The van der Waals surface area contributed by atoms with E-state index in [-0.39, 0.29) is 4.90 Å². The lowest BCUT2D eigenvalue weighted by Gasteiger charge is -2.22. The first-order valence-corrected chi connectivity index (χ1v) is 8.95. The number of hydrogen-bond acceptors (Lipinski definition) is 4. The average Bonchev–Trinajstić information content (AvgIpc) is 2.20. The molecule has 0 unspecified atom stereocenters. The molecule has 8 heteroatoms. The smallest absolute Gasteiger partial charge is 0.238 e. The Balaban J connectivity index is 3.38. The molecule has 0 spiro atoms. The van der Waals surface area contributed by atoms with E-state index in [0.717, 1.165) is 0 Å². The second-order valence-corrected chi connectivity index (χ2v) is 9.69. The van der Waals surface area contributed by atoms with E-state index in [1.54, 1.807) is 34.6 Å². The minimum Gasteiger partial charge on any atom is -0.283 e. The second-order valence-electron chi connectivity index (χ2n) is 5.69. The molecule has 0 atom stereocenters. The molecule has 0 saturated heterocycles. The summed E-state index contributed by atoms with van der Waals surface area (Å²) in [5.41, 5.74) is 1.39. The topological polar surface area (TPSA) is 106 Å². The van der Waals surface area contributed by atoms with Gasteiger partial charge in [-0.3, -0.25) is 4.72 Å². The van der Waals surface area contributed by atoms with Crippen LogP contribution in [0, 0.1) is 13.8 Å². The number of nitrogens with two attached hydrogens (primary N) is 1. The standard InChI is InChI=1S/C12H20N2O4S2/c1-8-6-10(19(13,15)16)7-9(2)11(8)14-20(17,18)12(3,4)5/h6-7,14H,1-5H3,(H2,13,15,16). The van der Waals surface area contributed by atoms with Gasteiger partial charge in [0.15, 0.2) is 0 Å². The highest BCUT2D eigenvalue weighted by molar-refractivity contribution is 7.94. The molecule has 3 N–H and O–H groups in total. The predicted octanol–water partition coefficient (Wildman–Crippen LogP) is 1.49. The molecule has 0 aromatic heterocycles. The molecule has 1 aromatic carbocycles. The highest BCUT2D eigenvalue weighted by Crippen LogP contribution is 2.27. The summed E-state index contributed by atoms with van der Waals surface area (Å²) in [6.45, 7) is 8.00. The lowest BCUT2D eigenvalue weighted by Crippen LogP contribution is -2.34. The van der Waals surface area contributed by atoms with Gasteiger partial charge in [-0.05, 0) is 57.9 Å². The molecule has 1 rings (SSSR count). The van der Waals surface area contributed by atoms with Crippen LogP contribution in [0.4, 0.5) is 5.69 Å². The Hall–Kier alpha value is -1.12. The van der Waals surface area contributed by atoms with Gasteiger partial charge in [-0.15, -0.1) is 0 Å². The maximum Gasteiger partial charge on any atom is 0.238 e. The van der Waals surface area contributed by atoms with Crippen molar-refractivity contribution in [1.82, 2.24) is 0 Å². The zero-order valence-corrected chi connectivity index (χ0v) is 13.8. The van der Waals surface area contributed by atoms with Crippen LogP contribution in [0.1, 0.15) is 31.9 Å². The van der Waals surface area contributed by atoms with Gasteiger partial charge >= 0.3 is 0 Å². The molecular weight excluding hydrogens is 300 g/mol. The Morgan fingerprint density at radius 2 is 1.40 bits per heavy atom. The minimum atomic E-state index is -3.81. The van der Waals surface area contributed by atoms with E-state index in [2.05, 4.69) is 4.72 Å². The second kappa shape index (κ2) is 5.01. The Labute approximate surface area is 120 Å². The van der Waals surface area contributed by atoms with Gasteiger partial charge in [-0.2, -0.15) is 0 Å². The predicted molar refractivity (Wildman–Crippen MR) is 79.6 cm³/mol. The first kappa shape index (κ1) is 16.9. The molecule has 0 radical (unpaired) electrons. The maximum absolute atomic E-state index is 12.2. The Kier molecular flexibility index (Phi) is 4.24. The number of sulfonamides is 2. The molecule has 0 saturated carbocycles. The number of hydrogen-bond donors (Lipinski definition) is 2. The first-order chi connectivity index (χ1) is 8.75. The summed E-state index contributed by atoms with van der Waals surface area (Å²) in [5.74, 6) is 0. The van der Waals surface area contributed by atoms with Crippen molar-refractivity contribution in [3.8, 4) is 0 Å². The maximum atomic E-state index is 12.2. The number of benzene rings is 1. The van der Waals surface area contributed by atoms with Crippen molar-refractivity contribution in [1.29, 1.82) is 0 Å². The number of rotatable bonds is 3. The molecule has 0 bridgehead atoms. The van der Waals surface area contributed by atoms with Gasteiger partial charge in [0, 0.05) is 0 Å². The Morgan fingerprint density at radius 3 is 1.70 bits per heavy atom. The monoisotopic (exact) mass is 320 g/mol. The summed E-state index contributed by atoms with van der Waals surface area (Å²) < 4.78 is 48.5. The molecule has 0 amide bonds. The molecule has 0 fully saturated rings. The number of aryl methyl sites for hydroxylation is 2. The number of nitrogens with one attached hydrogen (secondary N) is 1. The fourth-order valence-electron chi connectivity index (χ4n) is 1.54. The van der Waals surface area contributed by atoms with Crippen molar-refractivity contribution in [2.24, 2.45) is 5.14 Å². The highest BCUT2D eigenvalue weighted by atomic mass is 32.2. The summed E-state index contributed by atoms with van der Waals surface area (Å²) in [6.07, 6.45) is 0. The van der Waals surface area contributed by atoms with Crippen LogP contribution in [0.2, 0.25) is 0 Å². The van der Waals surface area contributed by atoms with Crippen LogP contribution in [0.15, 0.2) is 17.0 Å². The summed E-state index contributed by atoms with van der Waals surface area (Å²) in [6, 6.07) is 2.70. The van der Waals surface area contributed by atoms with Crippen molar-refractivity contribution >= 4 is 25.7 Å². The van der Waals surface area contributed by atoms with Crippen LogP contribution in [-0.2, 0) is 20.0 Å². The van der Waals surface area contributed by atoms with Crippen molar-refractivity contribution in [2.75, 3.05) is 4.72 Å². The van der Waals surface area contributed by atoms with Crippen molar-refractivity contribution < 1.29 is 16.8 Å². The third-order valence-corrected chi connectivity index (χ3v) is 5.86. The van der Waals surface area contributed by atoms with Gasteiger partial charge in [0.1, 0.15) is 0 Å². The summed E-state index contributed by atoms with van der Waals surface area (Å²) in [4.78, 5) is -0.0359. The van der Waals surface area contributed by atoms with Crippen LogP contribution >= 0.6 is 0 Å². The summed E-state index contributed by atoms with van der Waals surface area (Å²) in [7, 11) is -7.39. The quantitative estimate of drug-likeness (QED) is 0.880. The molecule has 114 valence electrons. The van der Waals surface area contributed by atoms with E-state index in [1.165, 1.54) is 12.1 Å². The summed E-state index contributed by atoms with van der Waals surface area (Å²) >= 11 is 0. The van der Waals surface area contributed by atoms with Crippen LogP contribution in [0.3, 0.4) is 0 Å². The minimum absolute atomic E-state index is 0.0359. The van der Waals surface area contributed by atoms with Crippen molar-refractivity contribution in [2.45, 2.75) is 44.3 Å². The normalized spacial score (nSPS) is 13.3. The number of anilines is 1. The number of primary sulfonamides is 1. The van der Waals surface area contributed by atoms with Gasteiger partial charge < -0.3 is 0 Å². The van der Waals surface area contributed by atoms with Gasteiger partial charge in [0.25, 0.3) is 0 Å². The third kappa shape index (κ3) is 3.50. The van der Waals surface area contributed by atoms with Crippen molar-refractivity contribution in [3.05, 3.63) is 23.3 Å². The Bertz CT molecular complexity index is 706. The van der Waals surface area contributed by atoms with E-state index < -0.39 is 24.8 Å². The molecule has 0 aliphatic rings. The first-order valence-electron chi connectivity index (χ1n) is 5.92. The molecule has 20 heavy (non-hydrogen) atoms. The van der Waals surface area contributed by atoms with Gasteiger partial charge in [-0.25, -0.2) is 22.0 Å². The van der Waals surface area contributed by atoms with E-state index in [1.807, 2.05) is 0 Å². The van der Waals surface area contributed by atoms with E-state index in [9.17, 15) is 16.8 Å². The zero-order chi connectivity index (χ0) is 15.9. The van der Waals surface area contributed by atoms with E-state index in [0.29, 0.717) is 16.8 Å². The van der Waals surface area contributed by atoms with E-state index >= 15 is 0 Å². The van der Waals surface area contributed by atoms with Crippen LogP contribution in [-0.4, -0.2) is 21.6 Å². The van der Waals surface area contributed by atoms with Gasteiger partial charge in [0.05, 0.1) is 15.3 Å². The van der Waals surface area contributed by atoms with Crippen LogP contribution in [0.25, 0.3) is 0 Å². The molecule has 6 nitrogen and oxygen atoms in total. The third-order valence-electron chi connectivity index (χ3n) is 2.88. The fraction of sp³-hybridized carbons (Fsp3) is 0.500. The zero-order valence-electron chi connectivity index (χ0n) is 12.2. The van der Waals surface area contributed by atoms with Crippen LogP contribution in [0.5, 0.6) is 0 Å². The van der Waals surface area contributed by atoms with E-state index in [4.69, 9.17) is 5.14 Å². The SMILES string of the molecule is Cc1cc(S(N)(=O)=O)cc(C)c1NS(=O)(=O)C(C)(C)C. The summed E-state index contributed by atoms with van der Waals surface area (Å²) in [5, 5.41) is 5.07. The lowest BCUT2D eigenvalue weighted by atomic mass is 10.1. The molecule has 0 aliphatic carbocycles. The van der Waals surface area contributed by atoms with Crippen molar-refractivity contribution in [3.63, 3.8) is 0 Å². The van der Waals surface area contributed by atoms with Gasteiger partial charge in [0.2, 0.25) is 20.0 Å².